The Hall–Kier alpha value is -1.68. The molecule has 0 saturated carbocycles. The van der Waals surface area contributed by atoms with E-state index >= 15 is 0 Å². The number of anilines is 1. The van der Waals surface area contributed by atoms with E-state index in [-0.39, 0.29) is 5.91 Å². The number of carbonyl (C=O) groups excluding carboxylic acids is 1. The van der Waals surface area contributed by atoms with Crippen molar-refractivity contribution in [2.24, 2.45) is 0 Å². The topological polar surface area (TPSA) is 29.1 Å². The molecule has 0 spiro atoms. The van der Waals surface area contributed by atoms with Crippen LogP contribution in [0.15, 0.2) is 65.6 Å². The molecule has 1 amide bonds. The number of nitrogens with one attached hydrogen (secondary N) is 1. The molecule has 2 nitrogen and oxygen atoms in total. The van der Waals surface area contributed by atoms with Gasteiger partial charge in [-0.3, -0.25) is 4.79 Å². The molecular formula is C18H13Cl2NOS. The summed E-state index contributed by atoms with van der Waals surface area (Å²) < 4.78 is 0. The number of carbonyl (C=O) groups is 1. The highest BCUT2D eigenvalue weighted by Gasteiger charge is 2.07. The highest BCUT2D eigenvalue weighted by atomic mass is 35.5. The first-order valence-electron chi connectivity index (χ1n) is 6.98. The number of hydrogen-bond acceptors (Lipinski definition) is 2. The maximum Gasteiger partial charge on any atom is 0.234 e. The molecule has 0 aromatic heterocycles. The maximum absolute atomic E-state index is 12.1. The molecule has 0 atom stereocenters. The Morgan fingerprint density at radius 2 is 1.65 bits per heavy atom. The van der Waals surface area contributed by atoms with Gasteiger partial charge in [0, 0.05) is 20.6 Å². The summed E-state index contributed by atoms with van der Waals surface area (Å²) in [6, 6.07) is 19.2. The molecule has 0 fully saturated rings. The van der Waals surface area contributed by atoms with Gasteiger partial charge in [0.1, 0.15) is 0 Å². The molecule has 23 heavy (non-hydrogen) atoms. The summed E-state index contributed by atoms with van der Waals surface area (Å²) in [6.45, 7) is 0. The third kappa shape index (κ3) is 4.20. The quantitative estimate of drug-likeness (QED) is 0.588. The summed E-state index contributed by atoms with van der Waals surface area (Å²) in [7, 11) is 0. The summed E-state index contributed by atoms with van der Waals surface area (Å²) in [5.74, 6) is 0.222. The second kappa shape index (κ2) is 7.26. The number of halogens is 2. The van der Waals surface area contributed by atoms with Crippen LogP contribution < -0.4 is 5.32 Å². The first kappa shape index (κ1) is 16.2. The Morgan fingerprint density at radius 1 is 0.957 bits per heavy atom. The highest BCUT2D eigenvalue weighted by Crippen LogP contribution is 2.28. The fraction of sp³-hybridized carbons (Fsp3) is 0.0556. The van der Waals surface area contributed by atoms with Gasteiger partial charge in [-0.2, -0.15) is 0 Å². The molecule has 0 radical (unpaired) electrons. The van der Waals surface area contributed by atoms with Crippen LogP contribution in [-0.4, -0.2) is 11.7 Å². The van der Waals surface area contributed by atoms with E-state index in [0.717, 1.165) is 10.3 Å². The average Bonchev–Trinajstić information content (AvgIpc) is 2.52. The number of hydrogen-bond donors (Lipinski definition) is 1. The Kier molecular flexibility index (Phi) is 5.11. The monoisotopic (exact) mass is 361 g/mol. The van der Waals surface area contributed by atoms with Gasteiger partial charge in [-0.15, -0.1) is 11.8 Å². The van der Waals surface area contributed by atoms with Crippen LogP contribution in [0.4, 0.5) is 5.69 Å². The van der Waals surface area contributed by atoms with E-state index in [0.29, 0.717) is 21.5 Å². The number of amides is 1. The summed E-state index contributed by atoms with van der Waals surface area (Å²) >= 11 is 13.4. The zero-order valence-corrected chi connectivity index (χ0v) is 14.4. The molecular weight excluding hydrogens is 349 g/mol. The van der Waals surface area contributed by atoms with Crippen molar-refractivity contribution < 1.29 is 4.79 Å². The molecule has 3 aromatic rings. The Balaban J connectivity index is 1.68. The average molecular weight is 362 g/mol. The number of rotatable bonds is 4. The van der Waals surface area contributed by atoms with Crippen LogP contribution in [0, 0.1) is 0 Å². The van der Waals surface area contributed by atoms with E-state index in [2.05, 4.69) is 23.5 Å². The lowest BCUT2D eigenvalue weighted by Crippen LogP contribution is -2.13. The molecule has 3 rings (SSSR count). The third-order valence-electron chi connectivity index (χ3n) is 3.25. The van der Waals surface area contributed by atoms with Gasteiger partial charge in [0.05, 0.1) is 5.75 Å². The Labute approximate surface area is 148 Å². The van der Waals surface area contributed by atoms with E-state index in [9.17, 15) is 4.79 Å². The molecule has 5 heteroatoms. The van der Waals surface area contributed by atoms with Crippen molar-refractivity contribution in [3.63, 3.8) is 0 Å². The molecule has 0 bridgehead atoms. The molecule has 0 aliphatic heterocycles. The molecule has 116 valence electrons. The van der Waals surface area contributed by atoms with Gasteiger partial charge in [0.25, 0.3) is 0 Å². The first-order valence-corrected chi connectivity index (χ1v) is 8.72. The van der Waals surface area contributed by atoms with Gasteiger partial charge in [-0.05, 0) is 35.0 Å². The minimum Gasteiger partial charge on any atom is -0.325 e. The van der Waals surface area contributed by atoms with Crippen LogP contribution in [-0.2, 0) is 4.79 Å². The number of benzene rings is 3. The molecule has 0 heterocycles. The second-order valence-electron chi connectivity index (χ2n) is 4.97. The van der Waals surface area contributed by atoms with Gasteiger partial charge in [-0.25, -0.2) is 0 Å². The van der Waals surface area contributed by atoms with Crippen molar-refractivity contribution in [1.29, 1.82) is 0 Å². The minimum absolute atomic E-state index is 0.0960. The summed E-state index contributed by atoms with van der Waals surface area (Å²) in [6.07, 6.45) is 0. The molecule has 0 saturated heterocycles. The van der Waals surface area contributed by atoms with Crippen molar-refractivity contribution in [3.8, 4) is 0 Å². The van der Waals surface area contributed by atoms with Crippen LogP contribution in [0.1, 0.15) is 0 Å². The van der Waals surface area contributed by atoms with E-state index in [1.807, 2.05) is 24.3 Å². The highest BCUT2D eigenvalue weighted by molar-refractivity contribution is 8.00. The van der Waals surface area contributed by atoms with Gasteiger partial charge < -0.3 is 5.32 Å². The lowest BCUT2D eigenvalue weighted by Gasteiger charge is -2.08. The maximum atomic E-state index is 12.1. The fourth-order valence-electron chi connectivity index (χ4n) is 2.29. The van der Waals surface area contributed by atoms with Crippen molar-refractivity contribution in [2.45, 2.75) is 4.90 Å². The molecule has 0 aliphatic carbocycles. The van der Waals surface area contributed by atoms with E-state index in [1.165, 1.54) is 17.1 Å². The second-order valence-corrected chi connectivity index (χ2v) is 6.86. The Morgan fingerprint density at radius 3 is 2.43 bits per heavy atom. The zero-order chi connectivity index (χ0) is 16.2. The standard InChI is InChI=1S/C18H13Cl2NOS/c19-13-8-14(20)10-15(9-13)21-18(22)11-23-17-7-3-5-12-4-1-2-6-16(12)17/h1-10H,11H2,(H,21,22). The number of fused-ring (bicyclic) bond motifs is 1. The molecule has 0 aliphatic rings. The van der Waals surface area contributed by atoms with E-state index in [4.69, 9.17) is 23.2 Å². The van der Waals surface area contributed by atoms with Crippen molar-refractivity contribution in [2.75, 3.05) is 11.1 Å². The first-order chi connectivity index (χ1) is 11.1. The zero-order valence-electron chi connectivity index (χ0n) is 12.1. The van der Waals surface area contributed by atoms with Gasteiger partial charge in [0.15, 0.2) is 0 Å². The smallest absolute Gasteiger partial charge is 0.234 e. The van der Waals surface area contributed by atoms with Crippen molar-refractivity contribution >= 4 is 57.3 Å². The van der Waals surface area contributed by atoms with Crippen LogP contribution in [0.3, 0.4) is 0 Å². The predicted molar refractivity (Wildman–Crippen MR) is 99.8 cm³/mol. The minimum atomic E-state index is -0.0960. The molecule has 3 aromatic carbocycles. The van der Waals surface area contributed by atoms with E-state index in [1.54, 1.807) is 18.2 Å². The SMILES string of the molecule is O=C(CSc1cccc2ccccc12)Nc1cc(Cl)cc(Cl)c1. The molecule has 0 unspecified atom stereocenters. The van der Waals surface area contributed by atoms with Crippen LogP contribution in [0.5, 0.6) is 0 Å². The van der Waals surface area contributed by atoms with E-state index < -0.39 is 0 Å². The van der Waals surface area contributed by atoms with Crippen LogP contribution in [0.2, 0.25) is 10.0 Å². The summed E-state index contributed by atoms with van der Waals surface area (Å²) in [5.41, 5.74) is 0.603. The van der Waals surface area contributed by atoms with Crippen LogP contribution >= 0.6 is 35.0 Å². The number of thioether (sulfide) groups is 1. The van der Waals surface area contributed by atoms with Crippen molar-refractivity contribution in [3.05, 3.63) is 70.7 Å². The lowest BCUT2D eigenvalue weighted by atomic mass is 10.1. The predicted octanol–water partition coefficient (Wildman–Crippen LogP) is 5.88. The summed E-state index contributed by atoms with van der Waals surface area (Å²) in [5, 5.41) is 6.12. The van der Waals surface area contributed by atoms with Gasteiger partial charge in [0.2, 0.25) is 5.91 Å². The fourth-order valence-corrected chi connectivity index (χ4v) is 3.69. The lowest BCUT2D eigenvalue weighted by molar-refractivity contribution is -0.113. The van der Waals surface area contributed by atoms with Crippen LogP contribution in [0.25, 0.3) is 10.8 Å². The third-order valence-corrected chi connectivity index (χ3v) is 4.76. The Bertz CT molecular complexity index is 841. The summed E-state index contributed by atoms with van der Waals surface area (Å²) in [4.78, 5) is 13.2. The van der Waals surface area contributed by atoms with Crippen molar-refractivity contribution in [1.82, 2.24) is 0 Å². The largest absolute Gasteiger partial charge is 0.325 e. The van der Waals surface area contributed by atoms with Gasteiger partial charge >= 0.3 is 0 Å². The van der Waals surface area contributed by atoms with Gasteiger partial charge in [-0.1, -0.05) is 59.6 Å². The normalized spacial score (nSPS) is 10.7. The molecule has 1 N–H and O–H groups in total.